The number of nitrogens with one attached hydrogen (secondary N) is 2. The molecule has 0 amide bonds. The maximum Gasteiger partial charge on any atom is 0.191 e. The summed E-state index contributed by atoms with van der Waals surface area (Å²) in [5, 5.41) is 6.84. The van der Waals surface area contributed by atoms with E-state index >= 15 is 0 Å². The predicted molar refractivity (Wildman–Crippen MR) is 92.5 cm³/mol. The molecule has 0 radical (unpaired) electrons. The van der Waals surface area contributed by atoms with E-state index in [1.165, 1.54) is 45.1 Å². The minimum absolute atomic E-state index is 0.448. The molecule has 0 aromatic carbocycles. The fourth-order valence-corrected chi connectivity index (χ4v) is 3.58. The molecule has 22 heavy (non-hydrogen) atoms. The zero-order valence-electron chi connectivity index (χ0n) is 14.4. The number of piperidine rings is 1. The van der Waals surface area contributed by atoms with E-state index in [1.807, 2.05) is 7.05 Å². The molecule has 0 aromatic rings. The van der Waals surface area contributed by atoms with Gasteiger partial charge in [0, 0.05) is 39.3 Å². The van der Waals surface area contributed by atoms with Gasteiger partial charge in [0.2, 0.25) is 0 Å². The Morgan fingerprint density at radius 2 is 2.05 bits per heavy atom. The van der Waals surface area contributed by atoms with Crippen molar-refractivity contribution < 1.29 is 4.74 Å². The van der Waals surface area contributed by atoms with Crippen LogP contribution in [0.2, 0.25) is 0 Å². The molecule has 2 rings (SSSR count). The smallest absolute Gasteiger partial charge is 0.191 e. The van der Waals surface area contributed by atoms with E-state index in [-0.39, 0.29) is 0 Å². The lowest BCUT2D eigenvalue weighted by Gasteiger charge is -2.35. The van der Waals surface area contributed by atoms with Gasteiger partial charge >= 0.3 is 0 Å². The monoisotopic (exact) mass is 310 g/mol. The van der Waals surface area contributed by atoms with Gasteiger partial charge in [-0.3, -0.25) is 9.89 Å². The van der Waals surface area contributed by atoms with Crippen molar-refractivity contribution >= 4 is 5.96 Å². The molecule has 5 nitrogen and oxygen atoms in total. The molecule has 2 heterocycles. The van der Waals surface area contributed by atoms with Crippen molar-refractivity contribution in [3.8, 4) is 0 Å². The highest BCUT2D eigenvalue weighted by Crippen LogP contribution is 2.18. The lowest BCUT2D eigenvalue weighted by atomic mass is 10.0. The van der Waals surface area contributed by atoms with Crippen molar-refractivity contribution in [2.45, 2.75) is 64.0 Å². The Morgan fingerprint density at radius 3 is 2.77 bits per heavy atom. The van der Waals surface area contributed by atoms with E-state index in [4.69, 9.17) is 4.74 Å². The average Bonchev–Trinajstić information content (AvgIpc) is 3.07. The Labute approximate surface area is 135 Å². The molecule has 0 spiro atoms. The van der Waals surface area contributed by atoms with Gasteiger partial charge in [-0.05, 0) is 45.1 Å². The minimum Gasteiger partial charge on any atom is -0.378 e. The summed E-state index contributed by atoms with van der Waals surface area (Å²) in [4.78, 5) is 6.94. The maximum absolute atomic E-state index is 5.65. The van der Waals surface area contributed by atoms with Gasteiger partial charge in [-0.15, -0.1) is 0 Å². The van der Waals surface area contributed by atoms with Gasteiger partial charge in [0.15, 0.2) is 5.96 Å². The summed E-state index contributed by atoms with van der Waals surface area (Å²) in [5.74, 6) is 0.919. The summed E-state index contributed by atoms with van der Waals surface area (Å²) >= 11 is 0. The first-order chi connectivity index (χ1) is 10.8. The van der Waals surface area contributed by atoms with Crippen LogP contribution in [0, 0.1) is 0 Å². The van der Waals surface area contributed by atoms with Crippen LogP contribution in [0.4, 0.5) is 0 Å². The normalized spacial score (nSPS) is 27.1. The molecule has 5 heteroatoms. The molecule has 0 bridgehead atoms. The first kappa shape index (κ1) is 17.5. The highest BCUT2D eigenvalue weighted by Gasteiger charge is 2.20. The Morgan fingerprint density at radius 1 is 1.18 bits per heavy atom. The highest BCUT2D eigenvalue weighted by molar-refractivity contribution is 5.79. The molecule has 2 N–H and O–H groups in total. The standard InChI is InChI=1S/C17H34N4O/c1-3-15-7-4-5-12-21(15)13-11-20-17(18-2)19-10-9-16-8-6-14-22-16/h15-16H,3-14H2,1-2H3,(H2,18,19,20). The number of rotatable bonds is 7. The van der Waals surface area contributed by atoms with Crippen molar-refractivity contribution in [1.82, 2.24) is 15.5 Å². The number of ether oxygens (including phenoxy) is 1. The fraction of sp³-hybridized carbons (Fsp3) is 0.941. The lowest BCUT2D eigenvalue weighted by molar-refractivity contribution is 0.105. The van der Waals surface area contributed by atoms with Crippen LogP contribution in [0.5, 0.6) is 0 Å². The second-order valence-corrected chi connectivity index (χ2v) is 6.44. The average molecular weight is 310 g/mol. The predicted octanol–water partition coefficient (Wildman–Crippen LogP) is 1.99. The summed E-state index contributed by atoms with van der Waals surface area (Å²) < 4.78 is 5.65. The Balaban J connectivity index is 1.59. The Bertz CT molecular complexity index is 329. The molecule has 2 saturated heterocycles. The number of likely N-dealkylation sites (tertiary alicyclic amines) is 1. The quantitative estimate of drug-likeness (QED) is 0.558. The molecule has 2 unspecified atom stereocenters. The third-order valence-electron chi connectivity index (χ3n) is 4.92. The number of aliphatic imine (C=N–C) groups is 1. The summed E-state index contributed by atoms with van der Waals surface area (Å²) in [5.41, 5.74) is 0. The molecule has 2 fully saturated rings. The van der Waals surface area contributed by atoms with Crippen LogP contribution in [0.15, 0.2) is 4.99 Å². The van der Waals surface area contributed by atoms with E-state index < -0.39 is 0 Å². The van der Waals surface area contributed by atoms with Crippen LogP contribution in [0.25, 0.3) is 0 Å². The summed E-state index contributed by atoms with van der Waals surface area (Å²) in [6.07, 6.45) is 9.33. The SMILES string of the molecule is CCC1CCCCN1CCNC(=NC)NCCC1CCCO1. The van der Waals surface area contributed by atoms with Gasteiger partial charge in [-0.1, -0.05) is 13.3 Å². The first-order valence-electron chi connectivity index (χ1n) is 9.13. The first-order valence-corrected chi connectivity index (χ1v) is 9.13. The summed E-state index contributed by atoms with van der Waals surface area (Å²) in [7, 11) is 1.84. The number of guanidine groups is 1. The third kappa shape index (κ3) is 5.76. The van der Waals surface area contributed by atoms with Crippen molar-refractivity contribution in [3.63, 3.8) is 0 Å². The van der Waals surface area contributed by atoms with Gasteiger partial charge in [-0.2, -0.15) is 0 Å². The molecule has 0 aromatic heterocycles. The lowest BCUT2D eigenvalue weighted by Crippen LogP contribution is -2.46. The van der Waals surface area contributed by atoms with Crippen LogP contribution in [-0.2, 0) is 4.74 Å². The Hall–Kier alpha value is -0.810. The van der Waals surface area contributed by atoms with Crippen LogP contribution in [-0.4, -0.2) is 62.8 Å². The van der Waals surface area contributed by atoms with Crippen molar-refractivity contribution in [2.24, 2.45) is 4.99 Å². The largest absolute Gasteiger partial charge is 0.378 e. The van der Waals surface area contributed by atoms with E-state index in [2.05, 4.69) is 27.4 Å². The van der Waals surface area contributed by atoms with Gasteiger partial charge in [0.1, 0.15) is 0 Å². The molecule has 0 aliphatic carbocycles. The molecular weight excluding hydrogens is 276 g/mol. The van der Waals surface area contributed by atoms with Crippen molar-refractivity contribution in [1.29, 1.82) is 0 Å². The Kier molecular flexibility index (Phi) is 8.02. The van der Waals surface area contributed by atoms with Crippen LogP contribution >= 0.6 is 0 Å². The van der Waals surface area contributed by atoms with Crippen LogP contribution < -0.4 is 10.6 Å². The molecule has 0 saturated carbocycles. The second-order valence-electron chi connectivity index (χ2n) is 6.44. The van der Waals surface area contributed by atoms with Crippen LogP contribution in [0.1, 0.15) is 51.9 Å². The zero-order valence-corrected chi connectivity index (χ0v) is 14.4. The number of nitrogens with zero attached hydrogens (tertiary/aromatic N) is 2. The number of hydrogen-bond donors (Lipinski definition) is 2. The van der Waals surface area contributed by atoms with Crippen LogP contribution in [0.3, 0.4) is 0 Å². The minimum atomic E-state index is 0.448. The summed E-state index contributed by atoms with van der Waals surface area (Å²) in [6, 6.07) is 0.782. The maximum atomic E-state index is 5.65. The van der Waals surface area contributed by atoms with E-state index in [0.29, 0.717) is 6.10 Å². The van der Waals surface area contributed by atoms with Gasteiger partial charge < -0.3 is 15.4 Å². The van der Waals surface area contributed by atoms with Gasteiger partial charge in [0.25, 0.3) is 0 Å². The fourth-order valence-electron chi connectivity index (χ4n) is 3.58. The topological polar surface area (TPSA) is 48.9 Å². The second kappa shape index (κ2) is 10.1. The third-order valence-corrected chi connectivity index (χ3v) is 4.92. The van der Waals surface area contributed by atoms with Gasteiger partial charge in [0.05, 0.1) is 6.10 Å². The van der Waals surface area contributed by atoms with Gasteiger partial charge in [-0.25, -0.2) is 0 Å². The highest BCUT2D eigenvalue weighted by atomic mass is 16.5. The van der Waals surface area contributed by atoms with E-state index in [1.54, 1.807) is 0 Å². The van der Waals surface area contributed by atoms with E-state index in [9.17, 15) is 0 Å². The number of hydrogen-bond acceptors (Lipinski definition) is 3. The summed E-state index contributed by atoms with van der Waals surface area (Å²) in [6.45, 7) is 7.52. The van der Waals surface area contributed by atoms with Crippen molar-refractivity contribution in [3.05, 3.63) is 0 Å². The molecular formula is C17H34N4O. The molecule has 2 aliphatic rings. The van der Waals surface area contributed by atoms with Crippen molar-refractivity contribution in [2.75, 3.05) is 39.8 Å². The molecule has 128 valence electrons. The molecule has 2 atom stereocenters. The molecule has 2 aliphatic heterocycles. The zero-order chi connectivity index (χ0) is 15.6. The van der Waals surface area contributed by atoms with E-state index in [0.717, 1.165) is 44.7 Å².